The van der Waals surface area contributed by atoms with Crippen molar-refractivity contribution in [1.82, 2.24) is 14.5 Å². The molecule has 0 amide bonds. The Bertz CT molecular complexity index is 2470. The SMILES string of the molecule is c1ccc(-c2cc(-c3ccc(-c4cccc(-c5cccc(-n6c7ccccc7c7ccccc76)c5)c4)cc3)nc(-c3ccccc3)n2)cc1. The first-order valence-corrected chi connectivity index (χ1v) is 16.6. The topological polar surface area (TPSA) is 30.7 Å². The fourth-order valence-corrected chi connectivity index (χ4v) is 6.81. The molecule has 0 radical (unpaired) electrons. The van der Waals surface area contributed by atoms with Gasteiger partial charge in [-0.05, 0) is 58.7 Å². The Labute approximate surface area is 285 Å². The molecular formula is C46H31N3. The standard InChI is InChI=1S/C46H31N3/c1-3-13-33(14-4-1)42-31-43(48-46(47-42)35-15-5-2-6-16-35)34-27-25-32(26-28-34)36-17-11-18-37(29-36)38-19-12-20-39(30-38)49-44-23-9-7-21-40(44)41-22-8-10-24-45(41)49/h1-31H. The number of hydrogen-bond acceptors (Lipinski definition) is 2. The number of hydrogen-bond donors (Lipinski definition) is 0. The monoisotopic (exact) mass is 625 g/mol. The Morgan fingerprint density at radius 3 is 1.39 bits per heavy atom. The normalized spacial score (nSPS) is 11.3. The lowest BCUT2D eigenvalue weighted by Crippen LogP contribution is -1.95. The molecule has 0 saturated heterocycles. The second-order valence-electron chi connectivity index (χ2n) is 12.3. The van der Waals surface area contributed by atoms with Gasteiger partial charge in [0.25, 0.3) is 0 Å². The van der Waals surface area contributed by atoms with Crippen molar-refractivity contribution in [2.24, 2.45) is 0 Å². The molecule has 9 rings (SSSR count). The maximum atomic E-state index is 5.01. The van der Waals surface area contributed by atoms with Crippen LogP contribution >= 0.6 is 0 Å². The predicted octanol–water partition coefficient (Wildman–Crippen LogP) is 11.9. The lowest BCUT2D eigenvalue weighted by molar-refractivity contribution is 1.18. The molecule has 0 spiro atoms. The second-order valence-corrected chi connectivity index (χ2v) is 12.3. The van der Waals surface area contributed by atoms with Gasteiger partial charge in [-0.25, -0.2) is 9.97 Å². The first-order valence-electron chi connectivity index (χ1n) is 16.6. The molecule has 0 atom stereocenters. The van der Waals surface area contributed by atoms with E-state index in [4.69, 9.17) is 9.97 Å². The summed E-state index contributed by atoms with van der Waals surface area (Å²) in [6, 6.07) is 66.2. The van der Waals surface area contributed by atoms with Crippen molar-refractivity contribution in [3.63, 3.8) is 0 Å². The molecule has 0 unspecified atom stereocenters. The van der Waals surface area contributed by atoms with Crippen LogP contribution in [0, 0.1) is 0 Å². The first-order chi connectivity index (χ1) is 24.3. The van der Waals surface area contributed by atoms with Crippen LogP contribution in [0.4, 0.5) is 0 Å². The third-order valence-electron chi connectivity index (χ3n) is 9.22. The summed E-state index contributed by atoms with van der Waals surface area (Å²) in [5, 5.41) is 2.53. The summed E-state index contributed by atoms with van der Waals surface area (Å²) in [6.45, 7) is 0. The van der Waals surface area contributed by atoms with Crippen molar-refractivity contribution in [3.05, 3.63) is 188 Å². The minimum Gasteiger partial charge on any atom is -0.309 e. The third kappa shape index (κ3) is 5.38. The second kappa shape index (κ2) is 12.2. The average Bonchev–Trinajstić information content (AvgIpc) is 3.53. The molecule has 2 aromatic heterocycles. The van der Waals surface area contributed by atoms with Crippen LogP contribution in [-0.2, 0) is 0 Å². The molecule has 9 aromatic rings. The summed E-state index contributed by atoms with van der Waals surface area (Å²) < 4.78 is 2.37. The zero-order chi connectivity index (χ0) is 32.6. The van der Waals surface area contributed by atoms with Gasteiger partial charge in [-0.15, -0.1) is 0 Å². The van der Waals surface area contributed by atoms with E-state index < -0.39 is 0 Å². The molecule has 3 nitrogen and oxygen atoms in total. The quantitative estimate of drug-likeness (QED) is 0.184. The Hall–Kier alpha value is -6.58. The number of rotatable bonds is 6. The van der Waals surface area contributed by atoms with Gasteiger partial charge in [-0.2, -0.15) is 0 Å². The Morgan fingerprint density at radius 1 is 0.306 bits per heavy atom. The zero-order valence-corrected chi connectivity index (χ0v) is 26.7. The average molecular weight is 626 g/mol. The largest absolute Gasteiger partial charge is 0.309 e. The maximum absolute atomic E-state index is 5.01. The van der Waals surface area contributed by atoms with E-state index in [-0.39, 0.29) is 0 Å². The smallest absolute Gasteiger partial charge is 0.160 e. The summed E-state index contributed by atoms with van der Waals surface area (Å²) in [4.78, 5) is 9.95. The molecule has 0 bridgehead atoms. The number of nitrogens with zero attached hydrogens (tertiary/aromatic N) is 3. The number of benzene rings is 7. The van der Waals surface area contributed by atoms with Crippen molar-refractivity contribution in [2.45, 2.75) is 0 Å². The maximum Gasteiger partial charge on any atom is 0.160 e. The van der Waals surface area contributed by atoms with E-state index in [0.29, 0.717) is 0 Å². The van der Waals surface area contributed by atoms with Crippen LogP contribution in [0.15, 0.2) is 188 Å². The van der Waals surface area contributed by atoms with E-state index in [9.17, 15) is 0 Å². The number of fused-ring (bicyclic) bond motifs is 3. The number of para-hydroxylation sites is 2. The van der Waals surface area contributed by atoms with Gasteiger partial charge in [0.05, 0.1) is 22.4 Å². The van der Waals surface area contributed by atoms with Crippen LogP contribution in [0.3, 0.4) is 0 Å². The van der Waals surface area contributed by atoms with Crippen molar-refractivity contribution in [1.29, 1.82) is 0 Å². The highest BCUT2D eigenvalue weighted by atomic mass is 15.0. The van der Waals surface area contributed by atoms with Crippen molar-refractivity contribution < 1.29 is 0 Å². The summed E-state index contributed by atoms with van der Waals surface area (Å²) in [6.07, 6.45) is 0. The molecule has 7 aromatic carbocycles. The summed E-state index contributed by atoms with van der Waals surface area (Å²) in [5.41, 5.74) is 13.2. The highest BCUT2D eigenvalue weighted by Gasteiger charge is 2.13. The number of aromatic nitrogens is 3. The summed E-state index contributed by atoms with van der Waals surface area (Å²) in [5.74, 6) is 0.719. The molecule has 0 aliphatic carbocycles. The van der Waals surface area contributed by atoms with Gasteiger partial charge in [0.2, 0.25) is 0 Å². The highest BCUT2D eigenvalue weighted by molar-refractivity contribution is 6.09. The van der Waals surface area contributed by atoms with Crippen LogP contribution in [-0.4, -0.2) is 14.5 Å². The van der Waals surface area contributed by atoms with Gasteiger partial charge in [0.1, 0.15) is 0 Å². The van der Waals surface area contributed by atoms with Crippen LogP contribution in [0.1, 0.15) is 0 Å². The van der Waals surface area contributed by atoms with E-state index in [1.54, 1.807) is 0 Å². The van der Waals surface area contributed by atoms with Gasteiger partial charge < -0.3 is 4.57 Å². The molecule has 0 aliphatic rings. The van der Waals surface area contributed by atoms with Crippen molar-refractivity contribution in [2.75, 3.05) is 0 Å². The molecule has 3 heteroatoms. The lowest BCUT2D eigenvalue weighted by Gasteiger charge is -2.12. The molecule has 49 heavy (non-hydrogen) atoms. The summed E-state index contributed by atoms with van der Waals surface area (Å²) in [7, 11) is 0. The van der Waals surface area contributed by atoms with E-state index >= 15 is 0 Å². The van der Waals surface area contributed by atoms with Crippen molar-refractivity contribution in [3.8, 4) is 61.8 Å². The fourth-order valence-electron chi connectivity index (χ4n) is 6.81. The predicted molar refractivity (Wildman–Crippen MR) is 204 cm³/mol. The lowest BCUT2D eigenvalue weighted by atomic mass is 9.97. The van der Waals surface area contributed by atoms with Crippen LogP contribution in [0.2, 0.25) is 0 Å². The summed E-state index contributed by atoms with van der Waals surface area (Å²) >= 11 is 0. The van der Waals surface area contributed by atoms with E-state index in [1.807, 2.05) is 36.4 Å². The molecule has 0 aliphatic heterocycles. The van der Waals surface area contributed by atoms with Gasteiger partial charge in [-0.1, -0.05) is 152 Å². The minimum absolute atomic E-state index is 0.719. The van der Waals surface area contributed by atoms with Gasteiger partial charge >= 0.3 is 0 Å². The van der Waals surface area contributed by atoms with Crippen LogP contribution < -0.4 is 0 Å². The minimum atomic E-state index is 0.719. The van der Waals surface area contributed by atoms with Crippen LogP contribution in [0.5, 0.6) is 0 Å². The zero-order valence-electron chi connectivity index (χ0n) is 26.7. The Balaban J connectivity index is 1.06. The highest BCUT2D eigenvalue weighted by Crippen LogP contribution is 2.35. The molecule has 0 saturated carbocycles. The molecular weight excluding hydrogens is 595 g/mol. The van der Waals surface area contributed by atoms with E-state index in [1.165, 1.54) is 38.5 Å². The van der Waals surface area contributed by atoms with Gasteiger partial charge in [0.15, 0.2) is 5.82 Å². The van der Waals surface area contributed by atoms with E-state index in [2.05, 4.69) is 156 Å². The van der Waals surface area contributed by atoms with Crippen molar-refractivity contribution >= 4 is 21.8 Å². The molecule has 0 N–H and O–H groups in total. The molecule has 230 valence electrons. The molecule has 2 heterocycles. The molecule has 0 fully saturated rings. The Morgan fingerprint density at radius 2 is 0.755 bits per heavy atom. The third-order valence-corrected chi connectivity index (χ3v) is 9.22. The first kappa shape index (κ1) is 28.6. The van der Waals surface area contributed by atoms with E-state index in [0.717, 1.165) is 45.2 Å². The van der Waals surface area contributed by atoms with Gasteiger partial charge in [0, 0.05) is 33.2 Å². The fraction of sp³-hybridized carbons (Fsp3) is 0. The van der Waals surface area contributed by atoms with Gasteiger partial charge in [-0.3, -0.25) is 0 Å². The Kier molecular flexibility index (Phi) is 7.14. The van der Waals surface area contributed by atoms with Crippen LogP contribution in [0.25, 0.3) is 83.6 Å².